The van der Waals surface area contributed by atoms with E-state index in [0.29, 0.717) is 13.0 Å². The Morgan fingerprint density at radius 1 is 0.829 bits per heavy atom. The minimum Gasteiger partial charge on any atom is -0.453 e. The maximum absolute atomic E-state index is 12.4. The SMILES string of the molecule is COC(=O)NC(Cc1ccc(CNC(=O)OCC2c3ccccc3-c3ccccc32)cc1)C(C)=O. The Kier molecular flexibility index (Phi) is 7.45. The highest BCUT2D eigenvalue weighted by Crippen LogP contribution is 2.44. The highest BCUT2D eigenvalue weighted by molar-refractivity contribution is 5.85. The molecule has 0 saturated carbocycles. The third-order valence-corrected chi connectivity index (χ3v) is 6.21. The molecule has 0 aromatic heterocycles. The molecule has 1 aliphatic carbocycles. The predicted molar refractivity (Wildman–Crippen MR) is 132 cm³/mol. The summed E-state index contributed by atoms with van der Waals surface area (Å²) in [5, 5.41) is 5.33. The van der Waals surface area contributed by atoms with Crippen molar-refractivity contribution in [1.82, 2.24) is 10.6 Å². The van der Waals surface area contributed by atoms with Gasteiger partial charge in [-0.1, -0.05) is 72.8 Å². The lowest BCUT2D eigenvalue weighted by molar-refractivity contribution is -0.118. The van der Waals surface area contributed by atoms with E-state index >= 15 is 0 Å². The van der Waals surface area contributed by atoms with Crippen LogP contribution in [-0.4, -0.2) is 37.7 Å². The molecule has 0 spiro atoms. The second-order valence-electron chi connectivity index (χ2n) is 8.50. The molecule has 0 bridgehead atoms. The molecule has 0 radical (unpaired) electrons. The van der Waals surface area contributed by atoms with Gasteiger partial charge in [0.15, 0.2) is 5.78 Å². The van der Waals surface area contributed by atoms with Gasteiger partial charge in [-0.15, -0.1) is 0 Å². The van der Waals surface area contributed by atoms with Crippen LogP contribution in [0.25, 0.3) is 11.1 Å². The van der Waals surface area contributed by atoms with E-state index in [2.05, 4.69) is 39.6 Å². The van der Waals surface area contributed by atoms with E-state index in [1.165, 1.54) is 36.3 Å². The van der Waals surface area contributed by atoms with Crippen molar-refractivity contribution in [1.29, 1.82) is 0 Å². The number of amides is 2. The second-order valence-corrected chi connectivity index (χ2v) is 8.50. The van der Waals surface area contributed by atoms with Crippen molar-refractivity contribution in [2.45, 2.75) is 31.8 Å². The van der Waals surface area contributed by atoms with Gasteiger partial charge < -0.3 is 20.1 Å². The van der Waals surface area contributed by atoms with E-state index in [4.69, 9.17) is 4.74 Å². The van der Waals surface area contributed by atoms with Gasteiger partial charge in [-0.25, -0.2) is 9.59 Å². The summed E-state index contributed by atoms with van der Waals surface area (Å²) in [6.45, 7) is 2.00. The maximum Gasteiger partial charge on any atom is 0.407 e. The largest absolute Gasteiger partial charge is 0.453 e. The van der Waals surface area contributed by atoms with Gasteiger partial charge in [0.2, 0.25) is 0 Å². The lowest BCUT2D eigenvalue weighted by Crippen LogP contribution is -2.41. The fourth-order valence-corrected chi connectivity index (χ4v) is 4.35. The first-order chi connectivity index (χ1) is 17.0. The molecule has 0 heterocycles. The standard InChI is InChI=1S/C28H28N2O5/c1-18(31)26(30-28(33)34-2)15-19-11-13-20(14-12-19)16-29-27(32)35-17-25-23-9-5-3-7-21(23)22-8-4-6-10-24(22)25/h3-14,25-26H,15-17H2,1-2H3,(H,29,32)(H,30,33). The average Bonchev–Trinajstić information content (AvgIpc) is 3.20. The molecule has 1 atom stereocenters. The van der Waals surface area contributed by atoms with E-state index < -0.39 is 18.2 Å². The van der Waals surface area contributed by atoms with Gasteiger partial charge in [0.1, 0.15) is 6.61 Å². The van der Waals surface area contributed by atoms with Gasteiger partial charge >= 0.3 is 12.2 Å². The number of hydrogen-bond acceptors (Lipinski definition) is 5. The highest BCUT2D eigenvalue weighted by Gasteiger charge is 2.29. The number of ether oxygens (including phenoxy) is 2. The Morgan fingerprint density at radius 2 is 1.40 bits per heavy atom. The normalized spacial score (nSPS) is 12.7. The first-order valence-electron chi connectivity index (χ1n) is 11.5. The molecule has 7 nitrogen and oxygen atoms in total. The first-order valence-corrected chi connectivity index (χ1v) is 11.5. The molecular formula is C28H28N2O5. The molecule has 0 saturated heterocycles. The molecule has 180 valence electrons. The summed E-state index contributed by atoms with van der Waals surface area (Å²) in [5.41, 5.74) is 6.48. The number of hydrogen-bond donors (Lipinski definition) is 2. The fraction of sp³-hybridized carbons (Fsp3) is 0.250. The molecule has 3 aromatic carbocycles. The zero-order chi connectivity index (χ0) is 24.8. The molecule has 2 N–H and O–H groups in total. The third kappa shape index (κ3) is 5.69. The number of fused-ring (bicyclic) bond motifs is 3. The van der Waals surface area contributed by atoms with Crippen LogP contribution in [0.2, 0.25) is 0 Å². The fourth-order valence-electron chi connectivity index (χ4n) is 4.35. The van der Waals surface area contributed by atoms with Gasteiger partial charge in [-0.05, 0) is 46.7 Å². The van der Waals surface area contributed by atoms with Crippen molar-refractivity contribution >= 4 is 18.0 Å². The number of rotatable bonds is 8. The second kappa shape index (κ2) is 10.9. The van der Waals surface area contributed by atoms with Crippen LogP contribution < -0.4 is 10.6 Å². The van der Waals surface area contributed by atoms with Crippen LogP contribution in [0.1, 0.15) is 35.1 Å². The Bertz CT molecular complexity index is 1180. The number of ketones is 1. The molecule has 35 heavy (non-hydrogen) atoms. The van der Waals surface area contributed by atoms with Gasteiger partial charge in [-0.3, -0.25) is 4.79 Å². The Balaban J connectivity index is 1.29. The van der Waals surface area contributed by atoms with E-state index in [0.717, 1.165) is 11.1 Å². The van der Waals surface area contributed by atoms with Crippen molar-refractivity contribution in [3.05, 3.63) is 95.1 Å². The summed E-state index contributed by atoms with van der Waals surface area (Å²) in [6, 6.07) is 23.2. The van der Waals surface area contributed by atoms with Crippen LogP contribution >= 0.6 is 0 Å². The quantitative estimate of drug-likeness (QED) is 0.501. The Labute approximate surface area is 204 Å². The topological polar surface area (TPSA) is 93.7 Å². The maximum atomic E-state index is 12.4. The van der Waals surface area contributed by atoms with Crippen LogP contribution in [0.5, 0.6) is 0 Å². The average molecular weight is 473 g/mol. The van der Waals surface area contributed by atoms with Crippen molar-refractivity contribution in [2.24, 2.45) is 0 Å². The first kappa shape index (κ1) is 24.0. The number of carbonyl (C=O) groups is 3. The highest BCUT2D eigenvalue weighted by atomic mass is 16.5. The molecule has 0 fully saturated rings. The van der Waals surface area contributed by atoms with Crippen LogP contribution in [-0.2, 0) is 27.2 Å². The third-order valence-electron chi connectivity index (χ3n) is 6.21. The summed E-state index contributed by atoms with van der Waals surface area (Å²) >= 11 is 0. The number of benzene rings is 3. The van der Waals surface area contributed by atoms with Crippen LogP contribution in [0.4, 0.5) is 9.59 Å². The van der Waals surface area contributed by atoms with E-state index in [1.54, 1.807) is 0 Å². The Morgan fingerprint density at radius 3 is 1.97 bits per heavy atom. The van der Waals surface area contributed by atoms with Gasteiger partial charge in [0, 0.05) is 12.5 Å². The summed E-state index contributed by atoms with van der Waals surface area (Å²) in [4.78, 5) is 35.6. The smallest absolute Gasteiger partial charge is 0.407 e. The van der Waals surface area contributed by atoms with E-state index in [9.17, 15) is 14.4 Å². The number of carbonyl (C=O) groups excluding carboxylic acids is 3. The molecule has 3 aromatic rings. The molecular weight excluding hydrogens is 444 g/mol. The van der Waals surface area contributed by atoms with Crippen molar-refractivity contribution in [3.8, 4) is 11.1 Å². The summed E-state index contributed by atoms with van der Waals surface area (Å²) in [7, 11) is 1.25. The zero-order valence-electron chi connectivity index (χ0n) is 19.7. The minimum atomic E-state index is -0.660. The van der Waals surface area contributed by atoms with Gasteiger partial charge in [-0.2, -0.15) is 0 Å². The van der Waals surface area contributed by atoms with Crippen molar-refractivity contribution in [2.75, 3.05) is 13.7 Å². The number of Topliss-reactive ketones (excluding diaryl/α,β-unsaturated/α-hetero) is 1. The Hall–Kier alpha value is -4.13. The summed E-state index contributed by atoms with van der Waals surface area (Å²) in [5.74, 6) is -0.142. The number of methoxy groups -OCH3 is 1. The monoisotopic (exact) mass is 472 g/mol. The summed E-state index contributed by atoms with van der Waals surface area (Å²) < 4.78 is 10.1. The van der Waals surface area contributed by atoms with Crippen LogP contribution in [0, 0.1) is 0 Å². The number of alkyl carbamates (subject to hydrolysis) is 2. The number of nitrogens with one attached hydrogen (secondary N) is 2. The lowest BCUT2D eigenvalue weighted by Gasteiger charge is -2.16. The molecule has 7 heteroatoms. The molecule has 1 unspecified atom stereocenters. The summed E-state index contributed by atoms with van der Waals surface area (Å²) in [6.07, 6.45) is -0.770. The molecule has 2 amide bonds. The molecule has 1 aliphatic rings. The van der Waals surface area contributed by atoms with E-state index in [-0.39, 0.29) is 18.3 Å². The van der Waals surface area contributed by atoms with Crippen molar-refractivity contribution in [3.63, 3.8) is 0 Å². The van der Waals surface area contributed by atoms with E-state index in [1.807, 2.05) is 48.5 Å². The zero-order valence-corrected chi connectivity index (χ0v) is 19.7. The predicted octanol–water partition coefficient (Wildman–Crippen LogP) is 4.58. The molecule has 4 rings (SSSR count). The molecule has 0 aliphatic heterocycles. The minimum absolute atomic E-state index is 0.0141. The van der Waals surface area contributed by atoms with Crippen LogP contribution in [0.15, 0.2) is 72.8 Å². The van der Waals surface area contributed by atoms with Gasteiger partial charge in [0.05, 0.1) is 13.2 Å². The van der Waals surface area contributed by atoms with Gasteiger partial charge in [0.25, 0.3) is 0 Å². The van der Waals surface area contributed by atoms with Crippen molar-refractivity contribution < 1.29 is 23.9 Å². The lowest BCUT2D eigenvalue weighted by atomic mass is 9.98. The van der Waals surface area contributed by atoms with Crippen LogP contribution in [0.3, 0.4) is 0 Å².